The lowest BCUT2D eigenvalue weighted by atomic mass is 9.94. The maximum Gasteiger partial charge on any atom is 0.153 e. The number of nitrogens with two attached hydrogens (primary N) is 1. The first-order chi connectivity index (χ1) is 8.25. The monoisotopic (exact) mass is 228 g/mol. The summed E-state index contributed by atoms with van der Waals surface area (Å²) in [5.41, 5.74) is 9.69. The highest BCUT2D eigenvalue weighted by Crippen LogP contribution is 2.28. The van der Waals surface area contributed by atoms with Gasteiger partial charge in [0.2, 0.25) is 0 Å². The zero-order valence-electron chi connectivity index (χ0n) is 9.93. The zero-order valence-corrected chi connectivity index (χ0v) is 9.93. The Morgan fingerprint density at radius 1 is 1.47 bits per heavy atom. The zero-order chi connectivity index (χ0) is 11.8. The molecule has 0 aromatic carbocycles. The van der Waals surface area contributed by atoms with E-state index in [1.54, 1.807) is 0 Å². The average molecular weight is 228 g/mol. The molecular formula is C13H16N4. The largest absolute Gasteiger partial charge is 0.324 e. The van der Waals surface area contributed by atoms with Gasteiger partial charge < -0.3 is 5.73 Å². The van der Waals surface area contributed by atoms with Crippen LogP contribution in [0.4, 0.5) is 0 Å². The van der Waals surface area contributed by atoms with Gasteiger partial charge in [0, 0.05) is 17.8 Å². The number of nitrogens with zero attached hydrogens (tertiary/aromatic N) is 3. The van der Waals surface area contributed by atoms with Crippen LogP contribution in [0, 0.1) is 6.92 Å². The lowest BCUT2D eigenvalue weighted by molar-refractivity contribution is 0.556. The van der Waals surface area contributed by atoms with E-state index in [0.717, 1.165) is 25.1 Å². The van der Waals surface area contributed by atoms with Crippen LogP contribution in [-0.4, -0.2) is 14.8 Å². The van der Waals surface area contributed by atoms with Crippen molar-refractivity contribution < 1.29 is 0 Å². The fourth-order valence-corrected chi connectivity index (χ4v) is 2.42. The van der Waals surface area contributed by atoms with Crippen molar-refractivity contribution in [2.24, 2.45) is 5.73 Å². The van der Waals surface area contributed by atoms with Crippen LogP contribution in [0.2, 0.25) is 0 Å². The molecule has 1 atom stereocenters. The Balaban J connectivity index is 2.10. The molecule has 17 heavy (non-hydrogen) atoms. The molecule has 1 aliphatic rings. The summed E-state index contributed by atoms with van der Waals surface area (Å²) in [5.74, 6) is 0.889. The summed E-state index contributed by atoms with van der Waals surface area (Å²) in [6.45, 7) is 2.06. The number of aryl methyl sites for hydroxylation is 1. The molecule has 2 aromatic rings. The second-order valence-electron chi connectivity index (χ2n) is 4.65. The van der Waals surface area contributed by atoms with Gasteiger partial charge >= 0.3 is 0 Å². The average Bonchev–Trinajstić information content (AvgIpc) is 2.74. The molecule has 0 amide bonds. The molecule has 88 valence electrons. The van der Waals surface area contributed by atoms with E-state index in [1.807, 2.05) is 29.2 Å². The van der Waals surface area contributed by atoms with Gasteiger partial charge in [-0.05, 0) is 43.9 Å². The third-order valence-electron chi connectivity index (χ3n) is 3.35. The second-order valence-corrected chi connectivity index (χ2v) is 4.65. The molecule has 3 rings (SSSR count). The molecule has 4 heteroatoms. The van der Waals surface area contributed by atoms with Gasteiger partial charge in [0.15, 0.2) is 5.82 Å². The minimum atomic E-state index is 0.136. The Kier molecular flexibility index (Phi) is 2.44. The third-order valence-corrected chi connectivity index (χ3v) is 3.35. The van der Waals surface area contributed by atoms with Crippen molar-refractivity contribution in [3.8, 4) is 5.82 Å². The van der Waals surface area contributed by atoms with Crippen molar-refractivity contribution >= 4 is 0 Å². The van der Waals surface area contributed by atoms with Crippen LogP contribution in [0.1, 0.15) is 35.7 Å². The Hall–Kier alpha value is -1.68. The smallest absolute Gasteiger partial charge is 0.153 e. The molecule has 2 N–H and O–H groups in total. The first-order valence-corrected chi connectivity index (χ1v) is 6.01. The molecule has 0 fully saturated rings. The van der Waals surface area contributed by atoms with Crippen molar-refractivity contribution in [1.82, 2.24) is 14.8 Å². The molecular weight excluding hydrogens is 212 g/mol. The number of rotatable bonds is 1. The van der Waals surface area contributed by atoms with Crippen molar-refractivity contribution in [3.05, 3.63) is 41.3 Å². The first-order valence-electron chi connectivity index (χ1n) is 6.01. The number of hydrogen-bond donors (Lipinski definition) is 1. The van der Waals surface area contributed by atoms with Crippen molar-refractivity contribution in [1.29, 1.82) is 0 Å². The van der Waals surface area contributed by atoms with Crippen LogP contribution in [-0.2, 0) is 6.42 Å². The van der Waals surface area contributed by atoms with Crippen molar-refractivity contribution in [3.63, 3.8) is 0 Å². The minimum absolute atomic E-state index is 0.136. The van der Waals surface area contributed by atoms with Crippen LogP contribution >= 0.6 is 0 Å². The summed E-state index contributed by atoms with van der Waals surface area (Å²) >= 11 is 0. The fraction of sp³-hybridized carbons (Fsp3) is 0.385. The van der Waals surface area contributed by atoms with Crippen LogP contribution in [0.3, 0.4) is 0 Å². The Morgan fingerprint density at radius 2 is 2.35 bits per heavy atom. The second kappa shape index (κ2) is 3.96. The molecule has 1 aliphatic carbocycles. The highest BCUT2D eigenvalue weighted by Gasteiger charge is 2.22. The topological polar surface area (TPSA) is 56.7 Å². The Morgan fingerprint density at radius 3 is 3.18 bits per heavy atom. The predicted molar refractivity (Wildman–Crippen MR) is 66.0 cm³/mol. The SMILES string of the molecule is Cc1ccnc(-n2ncc3c2CCCC3N)c1. The fourth-order valence-electron chi connectivity index (χ4n) is 2.42. The Bertz CT molecular complexity index is 544. The van der Waals surface area contributed by atoms with E-state index in [1.165, 1.54) is 16.8 Å². The van der Waals surface area contributed by atoms with E-state index < -0.39 is 0 Å². The number of fused-ring (bicyclic) bond motifs is 1. The molecule has 2 aromatic heterocycles. The molecule has 0 saturated carbocycles. The molecule has 0 saturated heterocycles. The van der Waals surface area contributed by atoms with Gasteiger partial charge in [0.25, 0.3) is 0 Å². The summed E-state index contributed by atoms with van der Waals surface area (Å²) in [6.07, 6.45) is 6.94. The highest BCUT2D eigenvalue weighted by molar-refractivity contribution is 5.34. The third kappa shape index (κ3) is 1.74. The summed E-state index contributed by atoms with van der Waals surface area (Å²) in [4.78, 5) is 4.37. The molecule has 2 heterocycles. The predicted octanol–water partition coefficient (Wildman–Crippen LogP) is 1.91. The van der Waals surface area contributed by atoms with E-state index in [9.17, 15) is 0 Å². The van der Waals surface area contributed by atoms with Gasteiger partial charge in [-0.2, -0.15) is 5.10 Å². The maximum atomic E-state index is 6.09. The van der Waals surface area contributed by atoms with Gasteiger partial charge in [0.05, 0.1) is 11.9 Å². The van der Waals surface area contributed by atoms with Crippen LogP contribution in [0.15, 0.2) is 24.5 Å². The van der Waals surface area contributed by atoms with Gasteiger partial charge in [-0.3, -0.25) is 0 Å². The van der Waals surface area contributed by atoms with Crippen LogP contribution in [0.5, 0.6) is 0 Å². The van der Waals surface area contributed by atoms with Gasteiger partial charge in [-0.25, -0.2) is 9.67 Å². The molecule has 4 nitrogen and oxygen atoms in total. The summed E-state index contributed by atoms with van der Waals surface area (Å²) < 4.78 is 1.93. The first kappa shape index (κ1) is 10.5. The molecule has 0 spiro atoms. The molecule has 0 bridgehead atoms. The van der Waals surface area contributed by atoms with Gasteiger partial charge in [-0.15, -0.1) is 0 Å². The standard InChI is InChI=1S/C13H16N4/c1-9-5-6-15-13(7-9)17-12-4-2-3-11(14)10(12)8-16-17/h5-8,11H,2-4,14H2,1H3. The number of pyridine rings is 1. The van der Waals surface area contributed by atoms with Crippen LogP contribution in [0.25, 0.3) is 5.82 Å². The van der Waals surface area contributed by atoms with Crippen LogP contribution < -0.4 is 5.73 Å². The van der Waals surface area contributed by atoms with E-state index in [-0.39, 0.29) is 6.04 Å². The maximum absolute atomic E-state index is 6.09. The van der Waals surface area contributed by atoms with Gasteiger partial charge in [-0.1, -0.05) is 0 Å². The normalized spacial score (nSPS) is 19.1. The minimum Gasteiger partial charge on any atom is -0.324 e. The lowest BCUT2D eigenvalue weighted by Gasteiger charge is -2.19. The quantitative estimate of drug-likeness (QED) is 0.811. The summed E-state index contributed by atoms with van der Waals surface area (Å²) in [5, 5.41) is 4.43. The van der Waals surface area contributed by atoms with E-state index in [0.29, 0.717) is 0 Å². The Labute approximate surface area is 100 Å². The molecule has 0 radical (unpaired) electrons. The molecule has 1 unspecified atom stereocenters. The number of hydrogen-bond acceptors (Lipinski definition) is 3. The van der Waals surface area contributed by atoms with E-state index in [4.69, 9.17) is 5.73 Å². The van der Waals surface area contributed by atoms with E-state index in [2.05, 4.69) is 17.0 Å². The van der Waals surface area contributed by atoms with Gasteiger partial charge in [0.1, 0.15) is 0 Å². The van der Waals surface area contributed by atoms with Crippen molar-refractivity contribution in [2.45, 2.75) is 32.2 Å². The van der Waals surface area contributed by atoms with Crippen molar-refractivity contribution in [2.75, 3.05) is 0 Å². The number of aromatic nitrogens is 3. The summed E-state index contributed by atoms with van der Waals surface area (Å²) in [6, 6.07) is 4.18. The highest BCUT2D eigenvalue weighted by atomic mass is 15.3. The lowest BCUT2D eigenvalue weighted by Crippen LogP contribution is -2.18. The van der Waals surface area contributed by atoms with E-state index >= 15 is 0 Å². The molecule has 0 aliphatic heterocycles. The summed E-state index contributed by atoms with van der Waals surface area (Å²) in [7, 11) is 0.